The molecule has 0 amide bonds. The van der Waals surface area contributed by atoms with Gasteiger partial charge >= 0.3 is 6.18 Å². The molecule has 0 spiro atoms. The zero-order chi connectivity index (χ0) is 19.2. The number of hydrogen-bond donors (Lipinski definition) is 2. The Morgan fingerprint density at radius 1 is 1.35 bits per heavy atom. The first-order chi connectivity index (χ1) is 12.3. The monoisotopic (exact) mass is 382 g/mol. The highest BCUT2D eigenvalue weighted by molar-refractivity contribution is 6.32. The van der Waals surface area contributed by atoms with Crippen molar-refractivity contribution < 1.29 is 13.2 Å². The molecule has 0 saturated carbocycles. The van der Waals surface area contributed by atoms with Gasteiger partial charge in [-0.3, -0.25) is 5.43 Å². The van der Waals surface area contributed by atoms with E-state index in [0.717, 1.165) is 12.1 Å². The van der Waals surface area contributed by atoms with Crippen LogP contribution < -0.4 is 10.7 Å². The largest absolute Gasteiger partial charge is 0.416 e. The standard InChI is InChI=1S/C16H14ClF3N6/c1-3-5-13(26-21-2)24-15-22-9-12(17)14(25-15)23-11-7-4-6-10(8-11)16(18,19)20/h3-9H,2H2,1H3,(H2,22,23,24,25,26)/b5-3-. The summed E-state index contributed by atoms with van der Waals surface area (Å²) < 4.78 is 38.4. The van der Waals surface area contributed by atoms with E-state index in [1.54, 1.807) is 19.1 Å². The number of allylic oxidation sites excluding steroid dienone is 1. The lowest BCUT2D eigenvalue weighted by molar-refractivity contribution is -0.137. The molecule has 6 nitrogen and oxygen atoms in total. The molecule has 1 aromatic carbocycles. The Morgan fingerprint density at radius 2 is 2.12 bits per heavy atom. The molecule has 2 rings (SSSR count). The Labute approximate surface area is 152 Å². The second-order valence-corrected chi connectivity index (χ2v) is 5.24. The number of hydrogen-bond acceptors (Lipinski definition) is 5. The molecule has 1 heterocycles. The summed E-state index contributed by atoms with van der Waals surface area (Å²) in [6.45, 7) is 5.08. The number of hydrazone groups is 1. The molecule has 136 valence electrons. The van der Waals surface area contributed by atoms with Crippen LogP contribution in [0.2, 0.25) is 5.02 Å². The number of nitrogens with zero attached hydrogens (tertiary/aromatic N) is 4. The van der Waals surface area contributed by atoms with Crippen LogP contribution in [-0.4, -0.2) is 22.5 Å². The van der Waals surface area contributed by atoms with Gasteiger partial charge in [-0.15, -0.1) is 0 Å². The maximum absolute atomic E-state index is 12.8. The SMILES string of the molecule is C=NNC(/C=C\C)=Nc1ncc(Cl)c(Nc2cccc(C(F)(F)F)c2)n1. The van der Waals surface area contributed by atoms with E-state index in [0.29, 0.717) is 5.84 Å². The number of alkyl halides is 3. The second kappa shape index (κ2) is 8.43. The van der Waals surface area contributed by atoms with Gasteiger partial charge in [0.1, 0.15) is 10.9 Å². The predicted octanol–water partition coefficient (Wildman–Crippen LogP) is 4.70. The summed E-state index contributed by atoms with van der Waals surface area (Å²) in [6, 6.07) is 4.67. The molecule has 1 aromatic heterocycles. The second-order valence-electron chi connectivity index (χ2n) is 4.84. The van der Waals surface area contributed by atoms with Crippen LogP contribution >= 0.6 is 11.6 Å². The Bertz CT molecular complexity index is 848. The van der Waals surface area contributed by atoms with Gasteiger partial charge in [-0.2, -0.15) is 28.2 Å². The van der Waals surface area contributed by atoms with Crippen molar-refractivity contribution in [2.75, 3.05) is 5.32 Å². The minimum atomic E-state index is -4.45. The maximum atomic E-state index is 12.8. The lowest BCUT2D eigenvalue weighted by atomic mass is 10.2. The lowest BCUT2D eigenvalue weighted by Crippen LogP contribution is -2.14. The van der Waals surface area contributed by atoms with Crippen LogP contribution in [0.1, 0.15) is 12.5 Å². The third-order valence-electron chi connectivity index (χ3n) is 2.92. The summed E-state index contributed by atoms with van der Waals surface area (Å²) in [7, 11) is 0. The Kier molecular flexibility index (Phi) is 6.29. The topological polar surface area (TPSA) is 74.6 Å². The first-order valence-electron chi connectivity index (χ1n) is 7.23. The van der Waals surface area contributed by atoms with Gasteiger partial charge in [0.2, 0.25) is 0 Å². The number of aliphatic imine (C=N–C) groups is 1. The number of halogens is 4. The first-order valence-corrected chi connectivity index (χ1v) is 7.61. The molecule has 0 saturated heterocycles. The van der Waals surface area contributed by atoms with Gasteiger partial charge in [-0.25, -0.2) is 4.98 Å². The average molecular weight is 383 g/mol. The number of aromatic nitrogens is 2. The number of anilines is 2. The predicted molar refractivity (Wildman–Crippen MR) is 96.4 cm³/mol. The minimum absolute atomic E-state index is 0.0353. The van der Waals surface area contributed by atoms with Crippen LogP contribution in [0.5, 0.6) is 0 Å². The van der Waals surface area contributed by atoms with Crippen molar-refractivity contribution in [2.24, 2.45) is 10.1 Å². The number of nitrogens with one attached hydrogen (secondary N) is 2. The third kappa shape index (κ3) is 5.28. The van der Waals surface area contributed by atoms with E-state index in [9.17, 15) is 13.2 Å². The molecule has 0 bridgehead atoms. The summed E-state index contributed by atoms with van der Waals surface area (Å²) >= 11 is 6.02. The fourth-order valence-electron chi connectivity index (χ4n) is 1.86. The van der Waals surface area contributed by atoms with E-state index >= 15 is 0 Å². The number of amidine groups is 1. The van der Waals surface area contributed by atoms with Gasteiger partial charge in [0.05, 0.1) is 11.8 Å². The van der Waals surface area contributed by atoms with Crippen LogP contribution in [0.15, 0.2) is 52.7 Å². The van der Waals surface area contributed by atoms with Crippen molar-refractivity contribution in [3.63, 3.8) is 0 Å². The summed E-state index contributed by atoms with van der Waals surface area (Å²) in [5.74, 6) is 0.481. The maximum Gasteiger partial charge on any atom is 0.416 e. The zero-order valence-corrected chi connectivity index (χ0v) is 14.3. The molecule has 0 unspecified atom stereocenters. The molecular weight excluding hydrogens is 369 g/mol. The van der Waals surface area contributed by atoms with Gasteiger partial charge in [0.25, 0.3) is 5.95 Å². The van der Waals surface area contributed by atoms with Gasteiger partial charge in [-0.1, -0.05) is 23.7 Å². The van der Waals surface area contributed by atoms with Crippen LogP contribution in [0.25, 0.3) is 0 Å². The molecule has 0 fully saturated rings. The van der Waals surface area contributed by atoms with E-state index in [-0.39, 0.29) is 22.5 Å². The summed E-state index contributed by atoms with van der Waals surface area (Å²) in [5.41, 5.74) is 1.95. The zero-order valence-electron chi connectivity index (χ0n) is 13.5. The first kappa shape index (κ1) is 19.4. The van der Waals surface area contributed by atoms with Gasteiger partial charge in [0, 0.05) is 12.4 Å². The Balaban J connectivity index is 2.33. The number of benzene rings is 1. The average Bonchev–Trinajstić information content (AvgIpc) is 2.58. The van der Waals surface area contributed by atoms with Crippen LogP contribution in [0.3, 0.4) is 0 Å². The van der Waals surface area contributed by atoms with Crippen LogP contribution in [0, 0.1) is 0 Å². The van der Waals surface area contributed by atoms with Gasteiger partial charge in [-0.05, 0) is 31.2 Å². The summed E-state index contributed by atoms with van der Waals surface area (Å²) in [4.78, 5) is 12.2. The third-order valence-corrected chi connectivity index (χ3v) is 3.20. The van der Waals surface area contributed by atoms with Gasteiger partial charge < -0.3 is 5.32 Å². The van der Waals surface area contributed by atoms with Gasteiger partial charge in [0.15, 0.2) is 5.82 Å². The van der Waals surface area contributed by atoms with E-state index in [4.69, 9.17) is 11.6 Å². The molecule has 0 aliphatic rings. The minimum Gasteiger partial charge on any atom is -0.339 e. The smallest absolute Gasteiger partial charge is 0.339 e. The van der Waals surface area contributed by atoms with E-state index < -0.39 is 11.7 Å². The van der Waals surface area contributed by atoms with Crippen LogP contribution in [0.4, 0.5) is 30.6 Å². The Hall–Kier alpha value is -2.94. The molecule has 0 aliphatic heterocycles. The molecule has 2 aromatic rings. The number of rotatable bonds is 5. The highest BCUT2D eigenvalue weighted by atomic mass is 35.5. The van der Waals surface area contributed by atoms with Crippen molar-refractivity contribution in [3.05, 3.63) is 53.2 Å². The quantitative estimate of drug-likeness (QED) is 0.446. The summed E-state index contributed by atoms with van der Waals surface area (Å²) in [6.07, 6.45) is 0.173. The molecule has 0 aliphatic carbocycles. The van der Waals surface area contributed by atoms with E-state index in [1.807, 2.05) is 0 Å². The normalized spacial score (nSPS) is 12.3. The molecule has 0 atom stereocenters. The highest BCUT2D eigenvalue weighted by Crippen LogP contribution is 2.32. The van der Waals surface area contributed by atoms with Crippen molar-refractivity contribution >= 4 is 41.6 Å². The van der Waals surface area contributed by atoms with Crippen LogP contribution in [-0.2, 0) is 6.18 Å². The van der Waals surface area contributed by atoms with Crippen molar-refractivity contribution in [1.29, 1.82) is 0 Å². The van der Waals surface area contributed by atoms with Crippen molar-refractivity contribution in [1.82, 2.24) is 15.4 Å². The van der Waals surface area contributed by atoms with E-state index in [2.05, 4.69) is 37.5 Å². The fraction of sp³-hybridized carbons (Fsp3) is 0.125. The molecule has 26 heavy (non-hydrogen) atoms. The van der Waals surface area contributed by atoms with E-state index in [1.165, 1.54) is 18.3 Å². The fourth-order valence-corrected chi connectivity index (χ4v) is 1.99. The molecular formula is C16H14ClF3N6. The van der Waals surface area contributed by atoms with Crippen molar-refractivity contribution in [2.45, 2.75) is 13.1 Å². The Morgan fingerprint density at radius 3 is 2.77 bits per heavy atom. The molecule has 0 radical (unpaired) electrons. The summed E-state index contributed by atoms with van der Waals surface area (Å²) in [5, 5.41) is 6.37. The molecule has 10 heteroatoms. The van der Waals surface area contributed by atoms with Crippen molar-refractivity contribution in [3.8, 4) is 0 Å². The molecule has 2 N–H and O–H groups in total. The lowest BCUT2D eigenvalue weighted by Gasteiger charge is -2.11. The highest BCUT2D eigenvalue weighted by Gasteiger charge is 2.30.